The van der Waals surface area contributed by atoms with E-state index in [-0.39, 0.29) is 25.1 Å². The number of phenolic OH excluding ortho intramolecular Hbond substituents is 1. The minimum absolute atomic E-state index is 0.154. The van der Waals surface area contributed by atoms with Crippen LogP contribution in [0, 0.1) is 17.8 Å². The van der Waals surface area contributed by atoms with Crippen LogP contribution in [0.2, 0.25) is 6.32 Å². The molecule has 2 saturated heterocycles. The van der Waals surface area contributed by atoms with Gasteiger partial charge in [-0.25, -0.2) is 4.79 Å². The molecule has 3 amide bonds. The van der Waals surface area contributed by atoms with E-state index in [1.807, 2.05) is 25.1 Å². The van der Waals surface area contributed by atoms with Crippen LogP contribution in [-0.4, -0.2) is 67.0 Å². The lowest BCUT2D eigenvalue weighted by Gasteiger charge is -2.43. The highest BCUT2D eigenvalue weighted by atomic mass is 16.5. The Morgan fingerprint density at radius 2 is 1.97 bits per heavy atom. The molecule has 0 aromatic heterocycles. The summed E-state index contributed by atoms with van der Waals surface area (Å²) < 4.78 is 16.0. The quantitative estimate of drug-likeness (QED) is 0.360. The number of aromatic hydroxyl groups is 1. The average molecular weight is 483 g/mol. The third kappa shape index (κ3) is 4.78. The fourth-order valence-corrected chi connectivity index (χ4v) is 5.65. The average Bonchev–Trinajstić information content (AvgIpc) is 3.08. The summed E-state index contributed by atoms with van der Waals surface area (Å²) >= 11 is 0. The minimum atomic E-state index is -1.10. The molecule has 4 rings (SSSR count). The Kier molecular flexibility index (Phi) is 7.44. The topological polar surface area (TPSA) is 123 Å². The molecule has 10 heteroatoms. The number of carbonyl (C=O) groups excluding carboxylic acids is 3. The van der Waals surface area contributed by atoms with Gasteiger partial charge in [0.25, 0.3) is 0 Å². The summed E-state index contributed by atoms with van der Waals surface area (Å²) in [5.41, 5.74) is 3.47. The number of nitrogens with zero attached hydrogens (tertiary/aromatic N) is 1. The molecule has 0 radical (unpaired) electrons. The maximum Gasteiger partial charge on any atom is 0.455 e. The van der Waals surface area contributed by atoms with Crippen LogP contribution >= 0.6 is 0 Å². The van der Waals surface area contributed by atoms with Crippen molar-refractivity contribution in [2.75, 3.05) is 20.8 Å². The summed E-state index contributed by atoms with van der Waals surface area (Å²) in [6.07, 6.45) is 2.03. The molecule has 1 aromatic rings. The van der Waals surface area contributed by atoms with Crippen molar-refractivity contribution in [1.82, 2.24) is 4.90 Å². The zero-order chi connectivity index (χ0) is 25.3. The first kappa shape index (κ1) is 25.2. The predicted octanol–water partition coefficient (Wildman–Crippen LogP) is 2.79. The first-order valence-corrected chi connectivity index (χ1v) is 11.7. The summed E-state index contributed by atoms with van der Waals surface area (Å²) in [4.78, 5) is 38.9. The zero-order valence-corrected chi connectivity index (χ0v) is 20.1. The van der Waals surface area contributed by atoms with Gasteiger partial charge in [-0.1, -0.05) is 29.8 Å². The largest absolute Gasteiger partial charge is 0.507 e. The number of amides is 3. The fraction of sp³-hybridized carbons (Fsp3) is 0.480. The van der Waals surface area contributed by atoms with Crippen molar-refractivity contribution in [2.24, 2.45) is 17.8 Å². The van der Waals surface area contributed by atoms with Crippen molar-refractivity contribution in [1.29, 1.82) is 0 Å². The van der Waals surface area contributed by atoms with E-state index in [9.17, 15) is 24.5 Å². The van der Waals surface area contributed by atoms with E-state index in [2.05, 4.69) is 4.74 Å². The second-order valence-corrected chi connectivity index (χ2v) is 9.32. The van der Waals surface area contributed by atoms with Gasteiger partial charge < -0.3 is 24.3 Å². The molecule has 2 aliphatic heterocycles. The van der Waals surface area contributed by atoms with Crippen LogP contribution in [0.15, 0.2) is 41.0 Å². The normalized spacial score (nSPS) is 26.7. The number of fused-ring (bicyclic) bond motifs is 3. The van der Waals surface area contributed by atoms with E-state index in [4.69, 9.17) is 9.39 Å². The predicted molar refractivity (Wildman–Crippen MR) is 127 cm³/mol. The summed E-state index contributed by atoms with van der Waals surface area (Å²) in [7, 11) is 1.59. The van der Waals surface area contributed by atoms with Gasteiger partial charge in [0.05, 0.1) is 31.7 Å². The second-order valence-electron chi connectivity index (χ2n) is 9.32. The molecule has 0 unspecified atom stereocenters. The molecule has 3 aliphatic rings. The Bertz CT molecular complexity index is 1080. The van der Waals surface area contributed by atoms with E-state index in [0.29, 0.717) is 23.3 Å². The third-order valence-corrected chi connectivity index (χ3v) is 7.12. The first-order chi connectivity index (χ1) is 16.8. The number of methoxy groups -OCH3 is 2. The molecule has 2 fully saturated rings. The molecular formula is C25H30BNO8. The van der Waals surface area contributed by atoms with Gasteiger partial charge in [0.2, 0.25) is 11.8 Å². The van der Waals surface area contributed by atoms with E-state index in [0.717, 1.165) is 23.8 Å². The molecule has 0 spiro atoms. The van der Waals surface area contributed by atoms with E-state index in [1.165, 1.54) is 0 Å². The zero-order valence-electron chi connectivity index (χ0n) is 20.1. The number of ether oxygens (including phenoxy) is 2. The number of allylic oxidation sites excluding steroid dienone is 1. The Balaban J connectivity index is 1.62. The number of imide groups is 3. The molecule has 0 bridgehead atoms. The van der Waals surface area contributed by atoms with Crippen molar-refractivity contribution in [2.45, 2.75) is 38.6 Å². The third-order valence-electron chi connectivity index (χ3n) is 7.12. The lowest BCUT2D eigenvalue weighted by molar-refractivity contribution is -0.137. The van der Waals surface area contributed by atoms with E-state index < -0.39 is 48.9 Å². The number of hydrogen-bond acceptors (Lipinski definition) is 8. The number of likely N-dealkylation sites (tertiary alicyclic amines) is 1. The highest BCUT2D eigenvalue weighted by molar-refractivity contribution is 6.43. The van der Waals surface area contributed by atoms with Crippen LogP contribution in [0.25, 0.3) is 6.08 Å². The Morgan fingerprint density at radius 1 is 1.23 bits per heavy atom. The molecule has 35 heavy (non-hydrogen) atoms. The van der Waals surface area contributed by atoms with Crippen LogP contribution in [0.3, 0.4) is 0 Å². The van der Waals surface area contributed by atoms with E-state index in [1.54, 1.807) is 19.2 Å². The Hall–Kier alpha value is -2.95. The minimum Gasteiger partial charge on any atom is -0.507 e. The SMILES string of the molecule is COCC1=C2[C@@H](CC/C(C)=C/c3ccccc3O)OB(O)C[C@@H]2[C@@H]2C(=O)N(C(=O)OC)C(=O)[C@@H]2C1. The fourth-order valence-electron chi connectivity index (χ4n) is 5.65. The van der Waals surface area contributed by atoms with Crippen molar-refractivity contribution in [3.63, 3.8) is 0 Å². The van der Waals surface area contributed by atoms with Gasteiger partial charge in [0.15, 0.2) is 0 Å². The van der Waals surface area contributed by atoms with Gasteiger partial charge in [-0.15, -0.1) is 0 Å². The summed E-state index contributed by atoms with van der Waals surface area (Å²) in [6.45, 7) is 2.22. The molecule has 9 nitrogen and oxygen atoms in total. The maximum atomic E-state index is 13.2. The molecular weight excluding hydrogens is 453 g/mol. The number of phenols is 1. The smallest absolute Gasteiger partial charge is 0.455 e. The highest BCUT2D eigenvalue weighted by Gasteiger charge is 2.59. The Labute approximate surface area is 204 Å². The molecule has 1 aliphatic carbocycles. The van der Waals surface area contributed by atoms with Crippen LogP contribution in [0.4, 0.5) is 4.79 Å². The maximum absolute atomic E-state index is 13.2. The van der Waals surface area contributed by atoms with Gasteiger partial charge in [-0.2, -0.15) is 4.90 Å². The van der Waals surface area contributed by atoms with Gasteiger partial charge in [0, 0.05) is 12.7 Å². The molecule has 2 N–H and O–H groups in total. The van der Waals surface area contributed by atoms with Crippen LogP contribution in [-0.2, 0) is 23.7 Å². The lowest BCUT2D eigenvalue weighted by Crippen LogP contribution is -2.46. The summed E-state index contributed by atoms with van der Waals surface area (Å²) in [5, 5.41) is 20.6. The standard InChI is InChI=1S/C25H30BNO8/c1-14(10-15-6-4-5-7-19(15)28)8-9-20-21-16(13-33-2)11-17-22(18(21)12-26(32)35-20)24(30)27(23(17)29)25(31)34-3/h4-7,10,17-18,20,22,28,32H,8-9,11-13H2,1-3H3/b14-10+/t17-,18+,20-,22-/m1/s1. The summed E-state index contributed by atoms with van der Waals surface area (Å²) in [5.74, 6) is -2.86. The molecule has 0 saturated carbocycles. The first-order valence-electron chi connectivity index (χ1n) is 11.7. The highest BCUT2D eigenvalue weighted by Crippen LogP contribution is 2.50. The van der Waals surface area contributed by atoms with Crippen LogP contribution < -0.4 is 0 Å². The number of para-hydroxylation sites is 1. The number of carbonyl (C=O) groups is 3. The molecule has 2 heterocycles. The van der Waals surface area contributed by atoms with Gasteiger partial charge in [-0.05, 0) is 55.6 Å². The lowest BCUT2D eigenvalue weighted by atomic mass is 9.58. The Morgan fingerprint density at radius 3 is 2.66 bits per heavy atom. The van der Waals surface area contributed by atoms with Crippen molar-refractivity contribution in [3.8, 4) is 5.75 Å². The van der Waals surface area contributed by atoms with Gasteiger partial charge >= 0.3 is 13.2 Å². The molecule has 4 atom stereocenters. The molecule has 186 valence electrons. The van der Waals surface area contributed by atoms with Crippen molar-refractivity contribution < 1.29 is 38.6 Å². The van der Waals surface area contributed by atoms with Crippen molar-refractivity contribution in [3.05, 3.63) is 46.5 Å². The number of hydrogen-bond donors (Lipinski definition) is 2. The van der Waals surface area contributed by atoms with Crippen LogP contribution in [0.1, 0.15) is 31.7 Å². The summed E-state index contributed by atoms with van der Waals surface area (Å²) in [6, 6.07) is 7.06. The van der Waals surface area contributed by atoms with Gasteiger partial charge in [0.1, 0.15) is 5.75 Å². The number of benzene rings is 1. The van der Waals surface area contributed by atoms with Crippen LogP contribution in [0.5, 0.6) is 5.75 Å². The number of rotatable bonds is 6. The monoisotopic (exact) mass is 483 g/mol. The van der Waals surface area contributed by atoms with E-state index >= 15 is 0 Å². The molecule has 1 aromatic carbocycles. The second kappa shape index (κ2) is 10.4. The van der Waals surface area contributed by atoms with Gasteiger partial charge in [-0.3, -0.25) is 9.59 Å². The van der Waals surface area contributed by atoms with Crippen molar-refractivity contribution >= 4 is 31.1 Å².